The summed E-state index contributed by atoms with van der Waals surface area (Å²) in [5.74, 6) is 0.677. The highest BCUT2D eigenvalue weighted by Gasteiger charge is 2.38. The van der Waals surface area contributed by atoms with E-state index in [0.29, 0.717) is 13.0 Å². The van der Waals surface area contributed by atoms with Crippen LogP contribution in [-0.2, 0) is 16.4 Å². The van der Waals surface area contributed by atoms with Crippen LogP contribution in [0.4, 0.5) is 0 Å². The average molecular weight is 431 g/mol. The average Bonchev–Trinajstić information content (AvgIpc) is 2.71. The molecule has 1 saturated heterocycles. The van der Waals surface area contributed by atoms with E-state index in [2.05, 4.69) is 27.8 Å². The minimum absolute atomic E-state index is 0.129. The fourth-order valence-electron chi connectivity index (χ4n) is 4.66. The molecule has 2 aliphatic rings. The number of ether oxygens (including phenoxy) is 1. The quantitative estimate of drug-likeness (QED) is 0.766. The number of hydrogen-bond acceptors (Lipinski definition) is 5. The summed E-state index contributed by atoms with van der Waals surface area (Å²) in [6.45, 7) is 3.09. The number of para-hydroxylation sites is 1. The van der Waals surface area contributed by atoms with Crippen molar-refractivity contribution in [2.75, 3.05) is 19.4 Å². The van der Waals surface area contributed by atoms with Crippen molar-refractivity contribution in [2.24, 2.45) is 5.92 Å². The van der Waals surface area contributed by atoms with Crippen LogP contribution in [0.1, 0.15) is 25.3 Å². The minimum Gasteiger partial charge on any atom is -0.493 e. The number of fused-ring (bicyclic) bond motifs is 5. The van der Waals surface area contributed by atoms with Crippen LogP contribution in [0.3, 0.4) is 0 Å². The lowest BCUT2D eigenvalue weighted by Gasteiger charge is -2.45. The SMILES string of the molecule is C[C@H]1COc2ccccc2-c2cccc(c2)C[C@H]2[C@@H](NS(C)(=O)=O)CCCN2C1O. The van der Waals surface area contributed by atoms with E-state index in [0.717, 1.165) is 41.8 Å². The van der Waals surface area contributed by atoms with Gasteiger partial charge in [0.25, 0.3) is 0 Å². The lowest BCUT2D eigenvalue weighted by atomic mass is 9.89. The predicted molar refractivity (Wildman–Crippen MR) is 118 cm³/mol. The Balaban J connectivity index is 1.77. The van der Waals surface area contributed by atoms with E-state index in [1.807, 2.05) is 37.3 Å². The fraction of sp³-hybridized carbons (Fsp3) is 0.478. The van der Waals surface area contributed by atoms with Gasteiger partial charge in [0.05, 0.1) is 12.9 Å². The van der Waals surface area contributed by atoms with Gasteiger partial charge in [-0.3, -0.25) is 4.90 Å². The van der Waals surface area contributed by atoms with E-state index in [1.54, 1.807) is 0 Å². The molecule has 162 valence electrons. The first-order valence-electron chi connectivity index (χ1n) is 10.5. The topological polar surface area (TPSA) is 78.9 Å². The van der Waals surface area contributed by atoms with Crippen molar-refractivity contribution in [3.05, 3.63) is 54.1 Å². The minimum atomic E-state index is -3.35. The van der Waals surface area contributed by atoms with Crippen LogP contribution in [0.15, 0.2) is 48.5 Å². The number of sulfonamides is 1. The lowest BCUT2D eigenvalue weighted by molar-refractivity contribution is -0.0858. The molecule has 0 aromatic heterocycles. The van der Waals surface area contributed by atoms with Crippen molar-refractivity contribution >= 4 is 10.0 Å². The van der Waals surface area contributed by atoms with Gasteiger partial charge >= 0.3 is 0 Å². The molecule has 0 amide bonds. The van der Waals surface area contributed by atoms with Crippen molar-refractivity contribution in [3.8, 4) is 16.9 Å². The molecule has 4 rings (SSSR count). The van der Waals surface area contributed by atoms with Gasteiger partial charge in [0.2, 0.25) is 10.0 Å². The fourth-order valence-corrected chi connectivity index (χ4v) is 5.48. The number of nitrogens with zero attached hydrogens (tertiary/aromatic N) is 1. The second-order valence-electron chi connectivity index (χ2n) is 8.55. The first-order valence-corrected chi connectivity index (χ1v) is 12.4. The summed E-state index contributed by atoms with van der Waals surface area (Å²) in [5, 5.41) is 11.2. The van der Waals surface area contributed by atoms with Crippen LogP contribution in [-0.4, -0.2) is 56.1 Å². The summed E-state index contributed by atoms with van der Waals surface area (Å²) in [5.41, 5.74) is 3.21. The smallest absolute Gasteiger partial charge is 0.209 e. The Morgan fingerprint density at radius 3 is 2.77 bits per heavy atom. The first-order chi connectivity index (χ1) is 14.3. The third-order valence-corrected chi connectivity index (χ3v) is 6.84. The summed E-state index contributed by atoms with van der Waals surface area (Å²) in [6, 6.07) is 15.9. The number of nitrogens with one attached hydrogen (secondary N) is 1. The van der Waals surface area contributed by atoms with Crippen molar-refractivity contribution < 1.29 is 18.3 Å². The summed E-state index contributed by atoms with van der Waals surface area (Å²) < 4.78 is 32.9. The molecule has 0 radical (unpaired) electrons. The first kappa shape index (κ1) is 21.3. The molecule has 30 heavy (non-hydrogen) atoms. The Morgan fingerprint density at radius 2 is 1.97 bits per heavy atom. The van der Waals surface area contributed by atoms with Gasteiger partial charge in [-0.1, -0.05) is 49.4 Å². The van der Waals surface area contributed by atoms with E-state index in [1.165, 1.54) is 6.26 Å². The Morgan fingerprint density at radius 1 is 1.17 bits per heavy atom. The van der Waals surface area contributed by atoms with E-state index in [-0.39, 0.29) is 18.0 Å². The number of rotatable bonds is 2. The largest absolute Gasteiger partial charge is 0.493 e. The Hall–Kier alpha value is -1.93. The molecule has 6 nitrogen and oxygen atoms in total. The Bertz CT molecular complexity index is 994. The number of piperidine rings is 1. The van der Waals surface area contributed by atoms with Crippen LogP contribution < -0.4 is 9.46 Å². The molecule has 2 aromatic rings. The van der Waals surface area contributed by atoms with Gasteiger partial charge in [-0.05, 0) is 36.5 Å². The molecule has 2 heterocycles. The van der Waals surface area contributed by atoms with E-state index in [9.17, 15) is 13.5 Å². The highest BCUT2D eigenvalue weighted by atomic mass is 32.2. The van der Waals surface area contributed by atoms with Crippen molar-refractivity contribution in [1.29, 1.82) is 0 Å². The molecule has 7 heteroatoms. The van der Waals surface area contributed by atoms with Crippen LogP contribution in [0.2, 0.25) is 0 Å². The maximum atomic E-state index is 12.0. The molecule has 0 saturated carbocycles. The van der Waals surface area contributed by atoms with Gasteiger partial charge in [0.15, 0.2) is 0 Å². The maximum absolute atomic E-state index is 12.0. The van der Waals surface area contributed by atoms with Crippen molar-refractivity contribution in [2.45, 2.75) is 44.5 Å². The standard InChI is InChI=1S/C23H30N2O4S/c1-16-15-29-22-11-4-3-9-19(22)18-8-5-7-17(13-18)14-21-20(24-30(2,27)28)10-6-12-25(21)23(16)26/h3-5,7-9,11,13,16,20-21,23-24,26H,6,10,12,14-15H2,1-2H3/t16-,20-,21-,23?/m0/s1. The summed E-state index contributed by atoms with van der Waals surface area (Å²) in [4.78, 5) is 2.06. The highest BCUT2D eigenvalue weighted by molar-refractivity contribution is 7.88. The Kier molecular flexibility index (Phi) is 6.16. The molecule has 2 aromatic carbocycles. The number of aliphatic hydroxyl groups excluding tert-OH is 1. The van der Waals surface area contributed by atoms with Gasteiger partial charge in [-0.25, -0.2) is 13.1 Å². The van der Waals surface area contributed by atoms with E-state index in [4.69, 9.17) is 4.74 Å². The van der Waals surface area contributed by atoms with Gasteiger partial charge in [0.1, 0.15) is 12.0 Å². The van der Waals surface area contributed by atoms with E-state index >= 15 is 0 Å². The summed E-state index contributed by atoms with van der Waals surface area (Å²) in [6.07, 6.45) is 2.74. The molecule has 4 atom stereocenters. The van der Waals surface area contributed by atoms with Crippen molar-refractivity contribution in [3.63, 3.8) is 0 Å². The Labute approximate surface area is 178 Å². The van der Waals surface area contributed by atoms with E-state index < -0.39 is 16.3 Å². The molecule has 1 fully saturated rings. The lowest BCUT2D eigenvalue weighted by Crippen LogP contribution is -2.60. The number of benzene rings is 2. The normalized spacial score (nSPS) is 27.7. The predicted octanol–water partition coefficient (Wildman–Crippen LogP) is 2.63. The molecule has 2 aliphatic heterocycles. The zero-order chi connectivity index (χ0) is 21.3. The van der Waals surface area contributed by atoms with Crippen LogP contribution >= 0.6 is 0 Å². The summed E-state index contributed by atoms with van der Waals surface area (Å²) in [7, 11) is -3.35. The maximum Gasteiger partial charge on any atom is 0.209 e. The second-order valence-corrected chi connectivity index (χ2v) is 10.3. The third kappa shape index (κ3) is 4.70. The van der Waals surface area contributed by atoms with Crippen LogP contribution in [0, 0.1) is 5.92 Å². The molecular weight excluding hydrogens is 400 g/mol. The van der Waals surface area contributed by atoms with Gasteiger partial charge < -0.3 is 9.84 Å². The number of aliphatic hydroxyl groups is 1. The second kappa shape index (κ2) is 8.67. The molecule has 0 spiro atoms. The van der Waals surface area contributed by atoms with Crippen LogP contribution in [0.5, 0.6) is 5.75 Å². The van der Waals surface area contributed by atoms with Crippen molar-refractivity contribution in [1.82, 2.24) is 9.62 Å². The van der Waals surface area contributed by atoms with Gasteiger partial charge in [-0.15, -0.1) is 0 Å². The zero-order valence-corrected chi connectivity index (χ0v) is 18.3. The van der Waals surface area contributed by atoms with Crippen LogP contribution in [0.25, 0.3) is 11.1 Å². The summed E-state index contributed by atoms with van der Waals surface area (Å²) >= 11 is 0. The number of hydrogen-bond donors (Lipinski definition) is 2. The molecule has 0 aliphatic carbocycles. The molecule has 2 N–H and O–H groups in total. The third-order valence-electron chi connectivity index (χ3n) is 6.11. The zero-order valence-electron chi connectivity index (χ0n) is 17.5. The molecule has 1 unspecified atom stereocenters. The molecular formula is C23H30N2O4S. The molecule has 2 bridgehead atoms. The monoisotopic (exact) mass is 430 g/mol. The van der Waals surface area contributed by atoms with Gasteiger partial charge in [-0.2, -0.15) is 0 Å². The van der Waals surface area contributed by atoms with Gasteiger partial charge in [0, 0.05) is 30.1 Å². The highest BCUT2D eigenvalue weighted by Crippen LogP contribution is 2.33.